The minimum atomic E-state index is -0.0964. The van der Waals surface area contributed by atoms with Crippen LogP contribution in [0.25, 0.3) is 0 Å². The first-order valence-electron chi connectivity index (χ1n) is 53.9. The summed E-state index contributed by atoms with van der Waals surface area (Å²) in [5.74, 6) is 23.4. The number of Topliss-reactive ketones (excluding diaryl/α,β-unsaturated/α-hetero) is 3. The fourth-order valence-electron chi connectivity index (χ4n) is 34.5. The van der Waals surface area contributed by atoms with E-state index in [0.717, 1.165) is 178 Å². The molecule has 0 aromatic heterocycles. The normalized spacial score (nSPS) is 37.5. The average Bonchev–Trinajstić information content (AvgIpc) is 1.53. The van der Waals surface area contributed by atoms with Crippen LogP contribution in [-0.2, 0) is 52.9 Å². The highest BCUT2D eigenvalue weighted by atomic mass is 32.2. The van der Waals surface area contributed by atoms with Crippen molar-refractivity contribution in [2.24, 2.45) is 136 Å². The van der Waals surface area contributed by atoms with Gasteiger partial charge in [0.15, 0.2) is 23.0 Å². The van der Waals surface area contributed by atoms with Gasteiger partial charge in [-0.05, 0) is 511 Å². The van der Waals surface area contributed by atoms with Crippen LogP contribution >= 0.6 is 47.0 Å². The van der Waals surface area contributed by atoms with E-state index in [4.69, 9.17) is 9.47 Å². The monoisotopic (exact) mass is 1930 g/mol. The van der Waals surface area contributed by atoms with E-state index in [9.17, 15) is 60.3 Å². The molecule has 0 heterocycles. The Morgan fingerprint density at radius 2 is 0.610 bits per heavy atom. The number of hydrogen-bond donors (Lipinski definition) is 9. The molecule has 6 aromatic carbocycles. The maximum Gasteiger partial charge on any atom is 0.161 e. The molecule has 0 amide bonds. The summed E-state index contributed by atoms with van der Waals surface area (Å²) in [4.78, 5) is 40.9. The van der Waals surface area contributed by atoms with Gasteiger partial charge in [-0.15, -0.1) is 47.0 Å². The van der Waals surface area contributed by atoms with Gasteiger partial charge in [0.25, 0.3) is 0 Å². The molecule has 0 spiro atoms. The van der Waals surface area contributed by atoms with Crippen molar-refractivity contribution >= 4 is 64.4 Å². The van der Waals surface area contributed by atoms with Crippen molar-refractivity contribution in [2.45, 2.75) is 342 Å². The predicted molar refractivity (Wildman–Crippen MR) is 548 cm³/mol. The van der Waals surface area contributed by atoms with E-state index in [1.807, 2.05) is 62.8 Å². The molecule has 18 heteroatoms. The second-order valence-corrected chi connectivity index (χ2v) is 50.6. The number of rotatable bonds is 10. The van der Waals surface area contributed by atoms with Crippen LogP contribution in [-0.4, -0.2) is 119 Å². The molecule has 23 unspecified atom stereocenters. The highest BCUT2D eigenvalue weighted by molar-refractivity contribution is 7.99. The number of aryl methyl sites for hydroxylation is 6. The third-order valence-corrected chi connectivity index (χ3v) is 43.4. The first-order valence-corrected chi connectivity index (χ1v) is 58.3. The van der Waals surface area contributed by atoms with Crippen LogP contribution in [0.1, 0.15) is 332 Å². The van der Waals surface area contributed by atoms with Gasteiger partial charge in [-0.25, -0.2) is 0 Å². The van der Waals surface area contributed by atoms with Crippen LogP contribution in [0.4, 0.5) is 0 Å². The number of aliphatic hydroxyl groups excluding tert-OH is 3. The van der Waals surface area contributed by atoms with E-state index in [1.165, 1.54) is 131 Å². The Hall–Kier alpha value is -5.99. The maximum atomic E-state index is 12.3. The summed E-state index contributed by atoms with van der Waals surface area (Å²) in [5.41, 5.74) is 16.8. The van der Waals surface area contributed by atoms with Crippen LogP contribution in [0.2, 0.25) is 0 Å². The summed E-state index contributed by atoms with van der Waals surface area (Å²) in [6.45, 7) is 23.1. The molecule has 18 aliphatic carbocycles. The molecule has 14 nitrogen and oxygen atoms in total. The Bertz CT molecular complexity index is 5260. The Labute approximate surface area is 828 Å². The quantitative estimate of drug-likeness (QED) is 0.0578. The minimum Gasteiger partial charge on any atom is -0.507 e. The van der Waals surface area contributed by atoms with Crippen LogP contribution in [0.5, 0.6) is 46.0 Å². The van der Waals surface area contributed by atoms with Crippen LogP contribution in [0, 0.1) is 136 Å². The molecule has 6 aromatic rings. The van der Waals surface area contributed by atoms with Crippen molar-refractivity contribution in [2.75, 3.05) is 37.2 Å². The molecule has 9 N–H and O–H groups in total. The van der Waals surface area contributed by atoms with Crippen molar-refractivity contribution in [3.63, 3.8) is 0 Å². The molecule has 12 saturated carbocycles. The number of aliphatic hydroxyl groups is 3. The lowest BCUT2D eigenvalue weighted by Gasteiger charge is -2.50. The molecule has 12 fully saturated rings. The molecule has 0 aliphatic heterocycles. The SMILES string of the molecule is CCOc1cc2c(cc1O)CCC1C2C[C@@H](C)C2C(=O)CCC12.CCOc1cc2c(cc1O)CCC1C2C[C@@H](C)C2C1CC[C@@H]2O.CCSc1cc2c(cc1O)CCC1C2CC[C@@]2(C)C1CC[C@@H]2O.CCSc1cc2c(cc1O)CCC1C2C[C@@H](C)C2C(=O)CCC12.CSc1cc2c(cc1O)CCC1C2C[C@@H](C)C2C(=O)CCC12.CSc1cc2c(cc1O)CCC1C2C[C@@H](C)C2C1CC[C@@H]2O. The summed E-state index contributed by atoms with van der Waals surface area (Å²) < 4.78 is 11.2. The van der Waals surface area contributed by atoms with Gasteiger partial charge in [0, 0.05) is 56.6 Å². The van der Waals surface area contributed by atoms with E-state index in [-0.39, 0.29) is 35.2 Å². The van der Waals surface area contributed by atoms with Gasteiger partial charge in [0.1, 0.15) is 40.3 Å². The number of aromatic hydroxyl groups is 6. The van der Waals surface area contributed by atoms with Gasteiger partial charge < -0.3 is 55.4 Å². The lowest BCUT2D eigenvalue weighted by Crippen LogP contribution is -2.43. The van der Waals surface area contributed by atoms with Gasteiger partial charge in [0.2, 0.25) is 0 Å². The van der Waals surface area contributed by atoms with E-state index >= 15 is 0 Å². The number of ketones is 3. The van der Waals surface area contributed by atoms with Crippen molar-refractivity contribution in [3.05, 3.63) is 140 Å². The molecule has 18 aliphatic rings. The van der Waals surface area contributed by atoms with E-state index in [1.54, 1.807) is 47.0 Å². The third-order valence-electron chi connectivity index (χ3n) is 40.0. The lowest BCUT2D eigenvalue weighted by molar-refractivity contribution is -0.125. The number of thioether (sulfide) groups is 4. The number of carbonyl (C=O) groups excluding carboxylic acids is 3. The number of hydrogen-bond acceptors (Lipinski definition) is 18. The molecule has 32 atom stereocenters. The van der Waals surface area contributed by atoms with Crippen LogP contribution in [0.15, 0.2) is 92.4 Å². The molecule has 0 saturated heterocycles. The number of ether oxygens (including phenoxy) is 2. The molecular formula is C118H158O14S4. The fourth-order valence-corrected chi connectivity index (χ4v) is 37.0. The fraction of sp³-hybridized carbons (Fsp3) is 0.669. The van der Waals surface area contributed by atoms with Crippen molar-refractivity contribution in [1.29, 1.82) is 0 Å². The Kier molecular flexibility index (Phi) is 29.8. The number of benzene rings is 6. The number of phenolic OH excluding ortho intramolecular Hbond substituents is 6. The van der Waals surface area contributed by atoms with Gasteiger partial charge in [-0.2, -0.15) is 0 Å². The second-order valence-electron chi connectivity index (χ2n) is 46.3. The molecule has 738 valence electrons. The molecule has 0 bridgehead atoms. The van der Waals surface area contributed by atoms with Gasteiger partial charge in [0.05, 0.1) is 31.5 Å². The second kappa shape index (κ2) is 41.0. The Morgan fingerprint density at radius 3 is 0.949 bits per heavy atom. The number of phenols is 6. The zero-order chi connectivity index (χ0) is 95.5. The topological polar surface area (TPSA) is 252 Å². The molecule has 136 heavy (non-hydrogen) atoms. The summed E-state index contributed by atoms with van der Waals surface area (Å²) >= 11 is 6.74. The summed E-state index contributed by atoms with van der Waals surface area (Å²) in [6, 6.07) is 25.1. The first-order chi connectivity index (χ1) is 65.5. The van der Waals surface area contributed by atoms with Gasteiger partial charge in [-0.3, -0.25) is 14.4 Å². The van der Waals surface area contributed by atoms with E-state index in [2.05, 4.69) is 91.8 Å². The largest absolute Gasteiger partial charge is 0.507 e. The Balaban J connectivity index is 0.000000105. The van der Waals surface area contributed by atoms with Gasteiger partial charge >= 0.3 is 0 Å². The highest BCUT2D eigenvalue weighted by Crippen LogP contribution is 2.66. The summed E-state index contributed by atoms with van der Waals surface area (Å²) in [7, 11) is 0. The smallest absolute Gasteiger partial charge is 0.161 e. The highest BCUT2D eigenvalue weighted by Gasteiger charge is 2.59. The average molecular weight is 1930 g/mol. The minimum absolute atomic E-state index is 0.0658. The van der Waals surface area contributed by atoms with Crippen LogP contribution < -0.4 is 9.47 Å². The van der Waals surface area contributed by atoms with Crippen LogP contribution in [0.3, 0.4) is 0 Å². The summed E-state index contributed by atoms with van der Waals surface area (Å²) in [5, 5.41) is 92.4. The van der Waals surface area contributed by atoms with Crippen molar-refractivity contribution in [1.82, 2.24) is 0 Å². The van der Waals surface area contributed by atoms with Crippen molar-refractivity contribution < 1.29 is 69.8 Å². The summed E-state index contributed by atoms with van der Waals surface area (Å²) in [6.07, 6.45) is 37.7. The maximum absolute atomic E-state index is 12.3. The Morgan fingerprint density at radius 1 is 0.316 bits per heavy atom. The standard InChI is InChI=1S/C20H28O3.C20H26O3.C20H26O2S.C20H28O2S.C19H26O2S.C19H24O2S/c3*1-3-23-19-10-15-12(9-18(19)22)4-5-13-14-6-7-17(21)20(14)11(2)8-16(13)15;1-3-23-18-11-15-12(10-17(18)21)4-5-14-13(15)8-9-20(2)16(14)6-7-19(20)22;2*1-10-7-15-12(13-5-6-16(20)19(10)13)4-3-11-8-17(21)18(22-2)9-14(11)15/h9-11,13-14,16-17,20-22H,3-8H2,1-2H3;2*9-11,13-14,16,20,22H,3-8H2,1-2H3;10-11,13-14,16,19,21-22H,3-9H2,1-2H3;8-10,12-13,15-16,19-21H,3-7H2,1-2H3;8-10,12-13,15,19,21H,3-7H2,1-2H3/t11-,13?,14?,16?,17+,20?;2*11-,13?,14?,16?,20?;13?,14?,16?,19-,20-;10-,12?,13?,15?,16+,19?;10-,12?,13?,15?,19?/m111011/s1. The zero-order valence-electron chi connectivity index (χ0n) is 83.3. The van der Waals surface area contributed by atoms with Crippen molar-refractivity contribution in [3.8, 4) is 46.0 Å². The molecule has 0 radical (unpaired) electrons. The van der Waals surface area contributed by atoms with Gasteiger partial charge in [-0.1, -0.05) is 55.4 Å². The lowest BCUT2D eigenvalue weighted by atomic mass is 9.55. The number of carbonyl (C=O) groups is 3. The first kappa shape index (κ1) is 98.8. The molecular weight excluding hydrogens is 1770 g/mol. The molecule has 24 rings (SSSR count). The van der Waals surface area contributed by atoms with E-state index in [0.29, 0.717) is 219 Å². The third kappa shape index (κ3) is 18.3. The predicted octanol–water partition coefficient (Wildman–Crippen LogP) is 26.0. The zero-order valence-corrected chi connectivity index (χ0v) is 86.5. The van der Waals surface area contributed by atoms with E-state index < -0.39 is 0 Å². The number of fused-ring (bicyclic) bond motifs is 30.